The Hall–Kier alpha value is -2.30. The Kier molecular flexibility index (Phi) is 2.86. The highest BCUT2D eigenvalue weighted by molar-refractivity contribution is 5.87. The van der Waals surface area contributed by atoms with E-state index in [9.17, 15) is 4.79 Å². The molecule has 5 nitrogen and oxygen atoms in total. The zero-order valence-electron chi connectivity index (χ0n) is 8.38. The van der Waals surface area contributed by atoms with Crippen LogP contribution in [0.15, 0.2) is 41.1 Å². The predicted octanol–water partition coefficient (Wildman–Crippen LogP) is 1.98. The van der Waals surface area contributed by atoms with E-state index in [-0.39, 0.29) is 5.56 Å². The Morgan fingerprint density at radius 1 is 1.31 bits per heavy atom. The Balaban J connectivity index is 1.98. The van der Waals surface area contributed by atoms with Gasteiger partial charge in [-0.25, -0.2) is 4.79 Å². The number of nitrogens with one attached hydrogen (secondary N) is 1. The standard InChI is InChI=1S/C11H10N2O3/c14-11(15)8-1-3-9(4-2-8)12-7-10-5-6-16-13-10/h1-6,12H,7H2,(H,14,15). The van der Waals surface area contributed by atoms with Crippen LogP contribution in [-0.4, -0.2) is 16.2 Å². The van der Waals surface area contributed by atoms with Crippen molar-refractivity contribution in [2.75, 3.05) is 5.32 Å². The highest BCUT2D eigenvalue weighted by Gasteiger charge is 2.01. The molecule has 0 bridgehead atoms. The molecule has 82 valence electrons. The van der Waals surface area contributed by atoms with Gasteiger partial charge in [0.05, 0.1) is 12.1 Å². The van der Waals surface area contributed by atoms with Crippen molar-refractivity contribution in [2.45, 2.75) is 6.54 Å². The summed E-state index contributed by atoms with van der Waals surface area (Å²) < 4.78 is 4.69. The number of aromatic nitrogens is 1. The second-order valence-electron chi connectivity index (χ2n) is 3.23. The average molecular weight is 218 g/mol. The van der Waals surface area contributed by atoms with Gasteiger partial charge in [-0.05, 0) is 24.3 Å². The molecular formula is C11H10N2O3. The maximum Gasteiger partial charge on any atom is 0.335 e. The molecule has 0 spiro atoms. The maximum atomic E-state index is 10.6. The molecule has 0 fully saturated rings. The van der Waals surface area contributed by atoms with Crippen molar-refractivity contribution < 1.29 is 14.4 Å². The number of carboxylic acids is 1. The van der Waals surface area contributed by atoms with E-state index in [2.05, 4.69) is 15.0 Å². The lowest BCUT2D eigenvalue weighted by Gasteiger charge is -2.03. The van der Waals surface area contributed by atoms with Crippen LogP contribution < -0.4 is 5.32 Å². The number of carbonyl (C=O) groups is 1. The van der Waals surface area contributed by atoms with Gasteiger partial charge in [-0.3, -0.25) is 0 Å². The van der Waals surface area contributed by atoms with Crippen molar-refractivity contribution in [3.05, 3.63) is 47.9 Å². The molecule has 0 atom stereocenters. The van der Waals surface area contributed by atoms with Gasteiger partial charge in [0.1, 0.15) is 12.0 Å². The SMILES string of the molecule is O=C(O)c1ccc(NCc2ccon2)cc1. The molecule has 5 heteroatoms. The van der Waals surface area contributed by atoms with Crippen LogP contribution in [0.5, 0.6) is 0 Å². The van der Waals surface area contributed by atoms with Crippen LogP contribution in [0.4, 0.5) is 5.69 Å². The highest BCUT2D eigenvalue weighted by Crippen LogP contribution is 2.10. The molecule has 0 saturated heterocycles. The third-order valence-corrected chi connectivity index (χ3v) is 2.10. The van der Waals surface area contributed by atoms with Gasteiger partial charge >= 0.3 is 5.97 Å². The number of hydrogen-bond donors (Lipinski definition) is 2. The minimum atomic E-state index is -0.928. The first-order chi connectivity index (χ1) is 7.75. The maximum absolute atomic E-state index is 10.6. The van der Waals surface area contributed by atoms with Crippen molar-refractivity contribution in [1.29, 1.82) is 0 Å². The van der Waals surface area contributed by atoms with Crippen LogP contribution in [0.1, 0.15) is 16.1 Å². The van der Waals surface area contributed by atoms with Crippen molar-refractivity contribution in [3.63, 3.8) is 0 Å². The molecule has 1 aromatic heterocycles. The summed E-state index contributed by atoms with van der Waals surface area (Å²) in [5, 5.41) is 15.6. The summed E-state index contributed by atoms with van der Waals surface area (Å²) in [4.78, 5) is 10.6. The number of nitrogens with zero attached hydrogens (tertiary/aromatic N) is 1. The van der Waals surface area contributed by atoms with Crippen LogP contribution in [0.3, 0.4) is 0 Å². The van der Waals surface area contributed by atoms with Crippen LogP contribution in [0.2, 0.25) is 0 Å². The normalized spacial score (nSPS) is 10.0. The minimum Gasteiger partial charge on any atom is -0.478 e. The second kappa shape index (κ2) is 4.48. The van der Waals surface area contributed by atoms with Gasteiger partial charge in [0.2, 0.25) is 0 Å². The van der Waals surface area contributed by atoms with Gasteiger partial charge in [0.15, 0.2) is 0 Å². The molecule has 0 radical (unpaired) electrons. The first kappa shape index (κ1) is 10.2. The predicted molar refractivity (Wildman–Crippen MR) is 57.2 cm³/mol. The lowest BCUT2D eigenvalue weighted by atomic mass is 10.2. The summed E-state index contributed by atoms with van der Waals surface area (Å²) >= 11 is 0. The molecule has 0 aliphatic heterocycles. The van der Waals surface area contributed by atoms with Crippen LogP contribution >= 0.6 is 0 Å². The van der Waals surface area contributed by atoms with Crippen molar-refractivity contribution in [1.82, 2.24) is 5.16 Å². The smallest absolute Gasteiger partial charge is 0.335 e. The third-order valence-electron chi connectivity index (χ3n) is 2.10. The molecule has 0 amide bonds. The van der Waals surface area contributed by atoms with E-state index >= 15 is 0 Å². The lowest BCUT2D eigenvalue weighted by Crippen LogP contribution is -2.00. The fraction of sp³-hybridized carbons (Fsp3) is 0.0909. The Labute approximate surface area is 91.7 Å². The lowest BCUT2D eigenvalue weighted by molar-refractivity contribution is 0.0697. The molecule has 2 N–H and O–H groups in total. The topological polar surface area (TPSA) is 75.4 Å². The van der Waals surface area contributed by atoms with Gasteiger partial charge in [0.25, 0.3) is 0 Å². The number of carboxylic acid groups (broad SMARTS) is 1. The Morgan fingerprint density at radius 3 is 2.62 bits per heavy atom. The quantitative estimate of drug-likeness (QED) is 0.820. The summed E-state index contributed by atoms with van der Waals surface area (Å²) in [6, 6.07) is 8.28. The molecule has 2 aromatic rings. The van der Waals surface area contributed by atoms with E-state index in [1.54, 1.807) is 30.3 Å². The number of hydrogen-bond acceptors (Lipinski definition) is 4. The van der Waals surface area contributed by atoms with Gasteiger partial charge in [-0.2, -0.15) is 0 Å². The molecule has 1 heterocycles. The molecular weight excluding hydrogens is 208 g/mol. The summed E-state index contributed by atoms with van der Waals surface area (Å²) in [5.74, 6) is -0.928. The van der Waals surface area contributed by atoms with Crippen LogP contribution in [-0.2, 0) is 6.54 Å². The summed E-state index contributed by atoms with van der Waals surface area (Å²) in [6.45, 7) is 0.545. The number of benzene rings is 1. The first-order valence-corrected chi connectivity index (χ1v) is 4.72. The molecule has 0 unspecified atom stereocenters. The fourth-order valence-electron chi connectivity index (χ4n) is 1.25. The summed E-state index contributed by atoms with van der Waals surface area (Å²) in [5.41, 5.74) is 1.90. The molecule has 0 aliphatic carbocycles. The highest BCUT2D eigenvalue weighted by atomic mass is 16.5. The fourth-order valence-corrected chi connectivity index (χ4v) is 1.25. The molecule has 2 rings (SSSR count). The van der Waals surface area contributed by atoms with Crippen molar-refractivity contribution in [3.8, 4) is 0 Å². The zero-order chi connectivity index (χ0) is 11.4. The van der Waals surface area contributed by atoms with E-state index in [1.807, 2.05) is 0 Å². The molecule has 1 aromatic carbocycles. The zero-order valence-corrected chi connectivity index (χ0v) is 8.38. The average Bonchev–Trinajstić information content (AvgIpc) is 2.80. The number of anilines is 1. The Morgan fingerprint density at radius 2 is 2.06 bits per heavy atom. The summed E-state index contributed by atoms with van der Waals surface area (Å²) in [7, 11) is 0. The minimum absolute atomic E-state index is 0.270. The first-order valence-electron chi connectivity index (χ1n) is 4.72. The van der Waals surface area contributed by atoms with Crippen LogP contribution in [0.25, 0.3) is 0 Å². The molecule has 16 heavy (non-hydrogen) atoms. The summed E-state index contributed by atoms with van der Waals surface area (Å²) in [6.07, 6.45) is 1.50. The van der Waals surface area contributed by atoms with E-state index in [4.69, 9.17) is 5.11 Å². The van der Waals surface area contributed by atoms with Crippen molar-refractivity contribution >= 4 is 11.7 Å². The number of aromatic carboxylic acids is 1. The monoisotopic (exact) mass is 218 g/mol. The van der Waals surface area contributed by atoms with Crippen LogP contribution in [0, 0.1) is 0 Å². The van der Waals surface area contributed by atoms with Gasteiger partial charge in [0, 0.05) is 11.8 Å². The second-order valence-corrected chi connectivity index (χ2v) is 3.23. The molecule has 0 saturated carbocycles. The van der Waals surface area contributed by atoms with Gasteiger partial charge in [-0.1, -0.05) is 5.16 Å². The van der Waals surface area contributed by atoms with E-state index < -0.39 is 5.97 Å². The van der Waals surface area contributed by atoms with Gasteiger partial charge < -0.3 is 14.9 Å². The van der Waals surface area contributed by atoms with E-state index in [0.29, 0.717) is 6.54 Å². The third kappa shape index (κ3) is 2.38. The molecule has 0 aliphatic rings. The Bertz CT molecular complexity index is 462. The van der Waals surface area contributed by atoms with Gasteiger partial charge in [-0.15, -0.1) is 0 Å². The van der Waals surface area contributed by atoms with E-state index in [1.165, 1.54) is 6.26 Å². The van der Waals surface area contributed by atoms with Crippen molar-refractivity contribution in [2.24, 2.45) is 0 Å². The largest absolute Gasteiger partial charge is 0.478 e. The van der Waals surface area contributed by atoms with E-state index in [0.717, 1.165) is 11.4 Å². The number of rotatable bonds is 4.